The molecule has 17 heavy (non-hydrogen) atoms. The number of hydrogen-bond acceptors (Lipinski definition) is 3. The fourth-order valence-corrected chi connectivity index (χ4v) is 2.59. The predicted molar refractivity (Wildman–Crippen MR) is 69.4 cm³/mol. The maximum atomic E-state index is 4.29. The Bertz CT molecular complexity index is 337. The van der Waals surface area contributed by atoms with E-state index in [1.54, 1.807) is 0 Å². The van der Waals surface area contributed by atoms with Crippen LogP contribution in [0.15, 0.2) is 12.4 Å². The van der Waals surface area contributed by atoms with Crippen LogP contribution in [-0.2, 0) is 13.1 Å². The summed E-state index contributed by atoms with van der Waals surface area (Å²) < 4.78 is 1.97. The summed E-state index contributed by atoms with van der Waals surface area (Å²) in [5, 5.41) is 6.70. The SMILES string of the molecule is CCn1cc(CNN2C(C)CCCC2C)cn1. The third kappa shape index (κ3) is 3.07. The Kier molecular flexibility index (Phi) is 4.18. The van der Waals surface area contributed by atoms with E-state index in [0.29, 0.717) is 12.1 Å². The molecule has 1 N–H and O–H groups in total. The highest BCUT2D eigenvalue weighted by Crippen LogP contribution is 2.20. The minimum Gasteiger partial charge on any atom is -0.273 e. The lowest BCUT2D eigenvalue weighted by Gasteiger charge is -2.39. The lowest BCUT2D eigenvalue weighted by Crippen LogP contribution is -2.51. The molecule has 1 aromatic heterocycles. The summed E-state index contributed by atoms with van der Waals surface area (Å²) in [6, 6.07) is 1.28. The molecule has 1 aliphatic rings. The topological polar surface area (TPSA) is 33.1 Å². The van der Waals surface area contributed by atoms with Crippen LogP contribution in [0.5, 0.6) is 0 Å². The van der Waals surface area contributed by atoms with Crippen molar-refractivity contribution in [3.05, 3.63) is 18.0 Å². The zero-order valence-corrected chi connectivity index (χ0v) is 11.2. The summed E-state index contributed by atoms with van der Waals surface area (Å²) in [6.45, 7) is 8.54. The molecule has 0 saturated carbocycles. The first-order valence-electron chi connectivity index (χ1n) is 6.74. The van der Waals surface area contributed by atoms with Crippen molar-refractivity contribution in [2.45, 2.75) is 65.2 Å². The highest BCUT2D eigenvalue weighted by atomic mass is 15.5. The zero-order chi connectivity index (χ0) is 12.3. The summed E-state index contributed by atoms with van der Waals surface area (Å²) >= 11 is 0. The van der Waals surface area contributed by atoms with Crippen LogP contribution in [0, 0.1) is 0 Å². The van der Waals surface area contributed by atoms with Crippen molar-refractivity contribution in [3.8, 4) is 0 Å². The minimum absolute atomic E-state index is 0.639. The molecule has 96 valence electrons. The Balaban J connectivity index is 1.87. The molecule has 0 amide bonds. The van der Waals surface area contributed by atoms with Crippen molar-refractivity contribution in [1.29, 1.82) is 0 Å². The van der Waals surface area contributed by atoms with Gasteiger partial charge in [0.15, 0.2) is 0 Å². The van der Waals surface area contributed by atoms with E-state index in [-0.39, 0.29) is 0 Å². The number of nitrogens with zero attached hydrogens (tertiary/aromatic N) is 3. The summed E-state index contributed by atoms with van der Waals surface area (Å²) in [4.78, 5) is 0. The molecule has 0 radical (unpaired) electrons. The lowest BCUT2D eigenvalue weighted by atomic mass is 10.00. The van der Waals surface area contributed by atoms with Gasteiger partial charge >= 0.3 is 0 Å². The lowest BCUT2D eigenvalue weighted by molar-refractivity contribution is 0.0435. The van der Waals surface area contributed by atoms with Gasteiger partial charge in [0, 0.05) is 36.9 Å². The molecule has 2 rings (SSSR count). The fraction of sp³-hybridized carbons (Fsp3) is 0.769. The van der Waals surface area contributed by atoms with E-state index in [9.17, 15) is 0 Å². The van der Waals surface area contributed by atoms with E-state index in [1.165, 1.54) is 24.8 Å². The van der Waals surface area contributed by atoms with Crippen molar-refractivity contribution >= 4 is 0 Å². The Hall–Kier alpha value is -0.870. The van der Waals surface area contributed by atoms with Gasteiger partial charge in [-0.25, -0.2) is 5.01 Å². The normalized spacial score (nSPS) is 26.3. The molecule has 4 nitrogen and oxygen atoms in total. The van der Waals surface area contributed by atoms with Gasteiger partial charge in [0.1, 0.15) is 0 Å². The summed E-state index contributed by atoms with van der Waals surface area (Å²) in [7, 11) is 0. The molecule has 2 unspecified atom stereocenters. The van der Waals surface area contributed by atoms with Gasteiger partial charge in [0.25, 0.3) is 0 Å². The molecule has 0 bridgehead atoms. The average molecular weight is 236 g/mol. The molecule has 0 spiro atoms. The van der Waals surface area contributed by atoms with E-state index in [4.69, 9.17) is 0 Å². The molecule has 1 aliphatic heterocycles. The van der Waals surface area contributed by atoms with Crippen molar-refractivity contribution in [2.24, 2.45) is 0 Å². The number of hydrogen-bond donors (Lipinski definition) is 1. The minimum atomic E-state index is 0.639. The van der Waals surface area contributed by atoms with E-state index >= 15 is 0 Å². The van der Waals surface area contributed by atoms with Crippen molar-refractivity contribution < 1.29 is 0 Å². The van der Waals surface area contributed by atoms with Crippen LogP contribution in [0.4, 0.5) is 0 Å². The van der Waals surface area contributed by atoms with Crippen LogP contribution >= 0.6 is 0 Å². The second-order valence-corrected chi connectivity index (χ2v) is 5.08. The molecule has 2 atom stereocenters. The Morgan fingerprint density at radius 3 is 2.65 bits per heavy atom. The van der Waals surface area contributed by atoms with Gasteiger partial charge in [-0.05, 0) is 33.6 Å². The number of hydrazine groups is 1. The molecule has 0 aliphatic carbocycles. The first-order chi connectivity index (χ1) is 8.20. The van der Waals surface area contributed by atoms with E-state index in [0.717, 1.165) is 13.1 Å². The van der Waals surface area contributed by atoms with Gasteiger partial charge < -0.3 is 0 Å². The van der Waals surface area contributed by atoms with Crippen LogP contribution in [0.1, 0.15) is 45.6 Å². The molecule has 1 saturated heterocycles. The molecular formula is C13H24N4. The summed E-state index contributed by atoms with van der Waals surface area (Å²) in [5.74, 6) is 0. The largest absolute Gasteiger partial charge is 0.273 e. The summed E-state index contributed by atoms with van der Waals surface area (Å²) in [5.41, 5.74) is 4.82. The van der Waals surface area contributed by atoms with Gasteiger partial charge in [-0.3, -0.25) is 10.1 Å². The quantitative estimate of drug-likeness (QED) is 0.869. The van der Waals surface area contributed by atoms with E-state index < -0.39 is 0 Å². The Morgan fingerprint density at radius 2 is 2.06 bits per heavy atom. The van der Waals surface area contributed by atoms with Gasteiger partial charge in [0.05, 0.1) is 6.20 Å². The summed E-state index contributed by atoms with van der Waals surface area (Å²) in [6.07, 6.45) is 8.02. The number of nitrogens with one attached hydrogen (secondary N) is 1. The van der Waals surface area contributed by atoms with Crippen molar-refractivity contribution in [3.63, 3.8) is 0 Å². The van der Waals surface area contributed by atoms with Gasteiger partial charge in [-0.2, -0.15) is 5.10 Å². The third-order valence-electron chi connectivity index (χ3n) is 3.67. The predicted octanol–water partition coefficient (Wildman–Crippen LogP) is 2.17. The van der Waals surface area contributed by atoms with Gasteiger partial charge in [0.2, 0.25) is 0 Å². The third-order valence-corrected chi connectivity index (χ3v) is 3.67. The second-order valence-electron chi connectivity index (χ2n) is 5.08. The van der Waals surface area contributed by atoms with Crippen molar-refractivity contribution in [2.75, 3.05) is 0 Å². The van der Waals surface area contributed by atoms with Gasteiger partial charge in [-0.1, -0.05) is 6.42 Å². The number of aromatic nitrogens is 2. The molecular weight excluding hydrogens is 212 g/mol. The highest BCUT2D eigenvalue weighted by molar-refractivity contribution is 5.03. The van der Waals surface area contributed by atoms with Crippen molar-refractivity contribution in [1.82, 2.24) is 20.2 Å². The maximum Gasteiger partial charge on any atom is 0.0535 e. The van der Waals surface area contributed by atoms with Gasteiger partial charge in [-0.15, -0.1) is 0 Å². The average Bonchev–Trinajstić information content (AvgIpc) is 2.76. The molecule has 1 fully saturated rings. The van der Waals surface area contributed by atoms with Crippen LogP contribution < -0.4 is 5.43 Å². The molecule has 0 aromatic carbocycles. The Labute approximate surface area is 104 Å². The van der Waals surface area contributed by atoms with Crippen LogP contribution in [0.25, 0.3) is 0 Å². The standard InChI is InChI=1S/C13H24N4/c1-4-16-10-13(8-14-16)9-15-17-11(2)6-5-7-12(17)3/h8,10-12,15H,4-7,9H2,1-3H3. The van der Waals surface area contributed by atoms with Crippen LogP contribution in [-0.4, -0.2) is 26.9 Å². The molecule has 1 aromatic rings. The molecule has 4 heteroatoms. The smallest absolute Gasteiger partial charge is 0.0535 e. The van der Waals surface area contributed by atoms with Crippen LogP contribution in [0.3, 0.4) is 0 Å². The fourth-order valence-electron chi connectivity index (χ4n) is 2.59. The number of piperidine rings is 1. The first kappa shape index (κ1) is 12.6. The second kappa shape index (κ2) is 5.65. The number of rotatable bonds is 4. The molecule has 2 heterocycles. The van der Waals surface area contributed by atoms with E-state index in [2.05, 4.69) is 42.5 Å². The monoisotopic (exact) mass is 236 g/mol. The Morgan fingerprint density at radius 1 is 1.35 bits per heavy atom. The zero-order valence-electron chi connectivity index (χ0n) is 11.2. The van der Waals surface area contributed by atoms with Crippen LogP contribution in [0.2, 0.25) is 0 Å². The number of aryl methyl sites for hydroxylation is 1. The van der Waals surface area contributed by atoms with E-state index in [1.807, 2.05) is 10.9 Å². The maximum absolute atomic E-state index is 4.29. The highest BCUT2D eigenvalue weighted by Gasteiger charge is 2.24. The first-order valence-corrected chi connectivity index (χ1v) is 6.74.